The molecule has 0 saturated carbocycles. The number of nitrogens with two attached hydrogens (primary N) is 1. The third-order valence-electron chi connectivity index (χ3n) is 9.17. The molecule has 47 heavy (non-hydrogen) atoms. The van der Waals surface area contributed by atoms with Crippen LogP contribution in [0.3, 0.4) is 0 Å². The summed E-state index contributed by atoms with van der Waals surface area (Å²) in [5, 5.41) is 10.5. The Morgan fingerprint density at radius 3 is 2.70 bits per heavy atom. The van der Waals surface area contributed by atoms with E-state index in [9.17, 15) is 18.8 Å². The first kappa shape index (κ1) is 32.5. The van der Waals surface area contributed by atoms with Crippen LogP contribution < -0.4 is 15.4 Å². The Balaban J connectivity index is 1.49. The number of alkyl halides is 1. The minimum absolute atomic E-state index is 0.0583. The van der Waals surface area contributed by atoms with Crippen molar-refractivity contribution in [3.05, 3.63) is 54.1 Å². The van der Waals surface area contributed by atoms with E-state index in [0.717, 1.165) is 11.3 Å². The van der Waals surface area contributed by atoms with E-state index in [4.69, 9.17) is 20.2 Å². The molecule has 1 amide bonds. The first-order valence-electron chi connectivity index (χ1n) is 15.1. The third-order valence-corrected chi connectivity index (χ3v) is 10.2. The lowest BCUT2D eigenvalue weighted by Crippen LogP contribution is -2.48. The van der Waals surface area contributed by atoms with E-state index >= 15 is 4.39 Å². The molecule has 246 valence electrons. The zero-order valence-electron chi connectivity index (χ0n) is 26.2. The zero-order chi connectivity index (χ0) is 33.6. The summed E-state index contributed by atoms with van der Waals surface area (Å²) in [6, 6.07) is 6.95. The average molecular weight is 666 g/mol. The van der Waals surface area contributed by atoms with Crippen LogP contribution in [0.5, 0.6) is 6.01 Å². The van der Waals surface area contributed by atoms with Crippen molar-refractivity contribution in [3.8, 4) is 23.2 Å². The van der Waals surface area contributed by atoms with Gasteiger partial charge in [-0.2, -0.15) is 15.2 Å². The molecule has 2 aliphatic rings. The molecule has 2 saturated heterocycles. The van der Waals surface area contributed by atoms with Gasteiger partial charge < -0.3 is 25.0 Å². The number of anilines is 2. The standard InChI is InChI=1S/C33H34F3N7O3S/c1-5-26(44)43-11-10-24(25(43)16-45-4)42(3)32-21-7-6-20(19-8-9-23(35)30-27(19)22(13-37)31(38)47-30)28(36)29(21)39-33(40-32)46-15-18-12-17(34)14-41(18)2/h5-9,17-18,24-25H,1,10-12,14-16,38H2,2-4H3/t17-,18+,24?,25?/m1/s1. The molecule has 4 atom stereocenters. The van der Waals surface area contributed by atoms with Crippen molar-refractivity contribution in [3.63, 3.8) is 0 Å². The maximum absolute atomic E-state index is 16.8. The lowest BCUT2D eigenvalue weighted by molar-refractivity contribution is -0.127. The second-order valence-electron chi connectivity index (χ2n) is 11.9. The van der Waals surface area contributed by atoms with E-state index in [0.29, 0.717) is 24.2 Å². The number of ether oxygens (including phenoxy) is 2. The molecule has 2 aliphatic heterocycles. The van der Waals surface area contributed by atoms with Gasteiger partial charge in [0.2, 0.25) is 5.91 Å². The number of fused-ring (bicyclic) bond motifs is 2. The van der Waals surface area contributed by atoms with E-state index < -0.39 is 17.8 Å². The van der Waals surface area contributed by atoms with Crippen LogP contribution in [0.25, 0.3) is 32.1 Å². The summed E-state index contributed by atoms with van der Waals surface area (Å²) in [5.41, 5.74) is 6.43. The largest absolute Gasteiger partial charge is 0.462 e. The number of nitriles is 1. The summed E-state index contributed by atoms with van der Waals surface area (Å²) in [5.74, 6) is -1.16. The van der Waals surface area contributed by atoms with Crippen LogP contribution >= 0.6 is 11.3 Å². The Hall–Kier alpha value is -4.45. The summed E-state index contributed by atoms with van der Waals surface area (Å²) in [4.78, 5) is 27.3. The normalized spacial score (nSPS) is 21.4. The van der Waals surface area contributed by atoms with Gasteiger partial charge in [0, 0.05) is 49.6 Å². The lowest BCUT2D eigenvalue weighted by Gasteiger charge is -2.33. The molecule has 2 fully saturated rings. The molecule has 10 nitrogen and oxygen atoms in total. The topological polar surface area (TPSA) is 121 Å². The van der Waals surface area contributed by atoms with Crippen LogP contribution in [0, 0.1) is 23.0 Å². The van der Waals surface area contributed by atoms with Crippen molar-refractivity contribution in [2.75, 3.05) is 58.1 Å². The molecule has 0 aliphatic carbocycles. The number of aromatic nitrogens is 2. The monoisotopic (exact) mass is 665 g/mol. The molecule has 14 heteroatoms. The van der Waals surface area contributed by atoms with Crippen molar-refractivity contribution in [1.29, 1.82) is 5.26 Å². The van der Waals surface area contributed by atoms with Crippen LogP contribution in [0.1, 0.15) is 18.4 Å². The number of carbonyl (C=O) groups excluding carboxylic acids is 1. The number of hydrogen-bond donors (Lipinski definition) is 1. The van der Waals surface area contributed by atoms with E-state index in [1.807, 2.05) is 30.0 Å². The third kappa shape index (κ3) is 5.72. The van der Waals surface area contributed by atoms with Gasteiger partial charge in [-0.3, -0.25) is 9.69 Å². The molecule has 0 bridgehead atoms. The minimum Gasteiger partial charge on any atom is -0.462 e. The number of hydrogen-bond acceptors (Lipinski definition) is 10. The van der Waals surface area contributed by atoms with Crippen molar-refractivity contribution in [1.82, 2.24) is 19.8 Å². The molecule has 2 aromatic heterocycles. The Morgan fingerprint density at radius 2 is 2.02 bits per heavy atom. The highest BCUT2D eigenvalue weighted by Crippen LogP contribution is 2.43. The quantitative estimate of drug-likeness (QED) is 0.249. The number of likely N-dealkylation sites (tertiary alicyclic amines) is 2. The fraction of sp³-hybridized carbons (Fsp3) is 0.394. The van der Waals surface area contributed by atoms with Gasteiger partial charge in [0.1, 0.15) is 41.0 Å². The Bertz CT molecular complexity index is 1910. The zero-order valence-corrected chi connectivity index (χ0v) is 27.0. The molecule has 0 radical (unpaired) electrons. The smallest absolute Gasteiger partial charge is 0.319 e. The van der Waals surface area contributed by atoms with Crippen molar-refractivity contribution >= 4 is 49.1 Å². The second-order valence-corrected chi connectivity index (χ2v) is 12.9. The summed E-state index contributed by atoms with van der Waals surface area (Å²) in [6.07, 6.45) is 1.16. The molecule has 2 unspecified atom stereocenters. The van der Waals surface area contributed by atoms with Gasteiger partial charge in [0.25, 0.3) is 0 Å². The SMILES string of the molecule is C=CC(=O)N1CCC(N(C)c2nc(OC[C@@H]3C[C@@H](F)CN3C)nc3c(F)c(-c4ccc(F)c5sc(N)c(C#N)c45)ccc23)C1COC. The second kappa shape index (κ2) is 13.0. The molecule has 2 aromatic carbocycles. The predicted molar refractivity (Wildman–Crippen MR) is 175 cm³/mol. The highest BCUT2D eigenvalue weighted by molar-refractivity contribution is 7.23. The van der Waals surface area contributed by atoms with Crippen molar-refractivity contribution in [2.24, 2.45) is 0 Å². The lowest BCUT2D eigenvalue weighted by atomic mass is 9.97. The van der Waals surface area contributed by atoms with Gasteiger partial charge >= 0.3 is 6.01 Å². The molecule has 4 aromatic rings. The number of likely N-dealkylation sites (N-methyl/N-ethyl adjacent to an activating group) is 2. The number of thiophene rings is 1. The number of nitrogen functional groups attached to an aromatic ring is 1. The van der Waals surface area contributed by atoms with Gasteiger partial charge in [0.15, 0.2) is 5.82 Å². The van der Waals surface area contributed by atoms with Crippen molar-refractivity contribution in [2.45, 2.75) is 37.1 Å². The fourth-order valence-electron chi connectivity index (χ4n) is 6.78. The van der Waals surface area contributed by atoms with Gasteiger partial charge in [-0.1, -0.05) is 18.7 Å². The molecule has 0 spiro atoms. The Morgan fingerprint density at radius 1 is 1.26 bits per heavy atom. The van der Waals surface area contributed by atoms with Gasteiger partial charge in [-0.05, 0) is 43.7 Å². The van der Waals surface area contributed by atoms with E-state index in [1.54, 1.807) is 24.1 Å². The number of rotatable bonds is 9. The van der Waals surface area contributed by atoms with E-state index in [-0.39, 0.29) is 93.5 Å². The number of halogens is 3. The highest BCUT2D eigenvalue weighted by Gasteiger charge is 2.40. The average Bonchev–Trinajstić information content (AvgIpc) is 3.73. The summed E-state index contributed by atoms with van der Waals surface area (Å²) >= 11 is 0.928. The Labute approximate surface area is 273 Å². The van der Waals surface area contributed by atoms with Gasteiger partial charge in [-0.25, -0.2) is 13.2 Å². The molecule has 2 N–H and O–H groups in total. The van der Waals surface area contributed by atoms with E-state index in [2.05, 4.69) is 11.6 Å². The van der Waals surface area contributed by atoms with Crippen molar-refractivity contribution < 1.29 is 27.4 Å². The predicted octanol–water partition coefficient (Wildman–Crippen LogP) is 4.90. The number of methoxy groups -OCH3 is 1. The first-order chi connectivity index (χ1) is 22.6. The number of benzene rings is 2. The number of amides is 1. The fourth-order valence-corrected chi connectivity index (χ4v) is 7.73. The van der Waals surface area contributed by atoms with Crippen LogP contribution in [0.2, 0.25) is 0 Å². The maximum Gasteiger partial charge on any atom is 0.319 e. The van der Waals surface area contributed by atoms with Crippen LogP contribution in [0.4, 0.5) is 24.0 Å². The molecular formula is C33H34F3N7O3S. The van der Waals surface area contributed by atoms with Crippen LogP contribution in [-0.4, -0.2) is 97.5 Å². The molecular weight excluding hydrogens is 631 g/mol. The number of nitrogens with zero attached hydrogens (tertiary/aromatic N) is 6. The highest BCUT2D eigenvalue weighted by atomic mass is 32.1. The van der Waals surface area contributed by atoms with Crippen LogP contribution in [-0.2, 0) is 9.53 Å². The van der Waals surface area contributed by atoms with E-state index in [1.165, 1.54) is 18.2 Å². The molecule has 4 heterocycles. The van der Waals surface area contributed by atoms with Crippen LogP contribution in [0.15, 0.2) is 36.9 Å². The summed E-state index contributed by atoms with van der Waals surface area (Å²) < 4.78 is 57.3. The summed E-state index contributed by atoms with van der Waals surface area (Å²) in [6.45, 7) is 4.71. The number of carbonyl (C=O) groups is 1. The van der Waals surface area contributed by atoms with Gasteiger partial charge in [0.05, 0.1) is 29.0 Å². The maximum atomic E-state index is 16.8. The minimum atomic E-state index is -0.980. The first-order valence-corrected chi connectivity index (χ1v) is 15.9. The Kier molecular flexibility index (Phi) is 8.97. The summed E-state index contributed by atoms with van der Waals surface area (Å²) in [7, 11) is 5.17. The molecule has 6 rings (SSSR count). The van der Waals surface area contributed by atoms with Gasteiger partial charge in [-0.15, -0.1) is 11.3 Å².